The third-order valence-corrected chi connectivity index (χ3v) is 4.61. The van der Waals surface area contributed by atoms with E-state index >= 15 is 0 Å². The number of carbonyl (C=O) groups excluding carboxylic acids is 1. The first kappa shape index (κ1) is 16.3. The van der Waals surface area contributed by atoms with E-state index in [-0.39, 0.29) is 11.8 Å². The van der Waals surface area contributed by atoms with Gasteiger partial charge >= 0.3 is 0 Å². The summed E-state index contributed by atoms with van der Waals surface area (Å²) in [5.41, 5.74) is 1.91. The summed E-state index contributed by atoms with van der Waals surface area (Å²) in [6, 6.07) is 15.8. The molecule has 2 aromatic carbocycles. The fraction of sp³-hybridized carbons (Fsp3) is 0.167. The lowest BCUT2D eigenvalue weighted by atomic mass is 10.2. The molecule has 6 heteroatoms. The lowest BCUT2D eigenvalue weighted by molar-refractivity contribution is -0.117. The monoisotopic (exact) mass is 342 g/mol. The highest BCUT2D eigenvalue weighted by atomic mass is 32.2. The Kier molecular flexibility index (Phi) is 4.66. The zero-order valence-corrected chi connectivity index (χ0v) is 13.8. The molecule has 0 spiro atoms. The normalized spacial score (nSPS) is 14.5. The van der Waals surface area contributed by atoms with Crippen molar-refractivity contribution in [1.82, 2.24) is 0 Å². The Morgan fingerprint density at radius 3 is 2.21 bits per heavy atom. The molecule has 1 fully saturated rings. The van der Waals surface area contributed by atoms with Gasteiger partial charge in [-0.05, 0) is 48.7 Å². The topological polar surface area (TPSA) is 75.3 Å². The van der Waals surface area contributed by atoms with E-state index in [1.54, 1.807) is 24.3 Å². The van der Waals surface area contributed by atoms with E-state index in [1.807, 2.05) is 30.3 Å². The van der Waals surface area contributed by atoms with E-state index in [1.165, 1.54) is 6.08 Å². The summed E-state index contributed by atoms with van der Waals surface area (Å²) in [6.07, 6.45) is 3.42. The number of hydrogen-bond donors (Lipinski definition) is 2. The molecule has 1 saturated carbocycles. The molecule has 2 N–H and O–H groups in total. The third-order valence-electron chi connectivity index (χ3n) is 3.60. The molecule has 1 aliphatic rings. The maximum atomic E-state index is 12.1. The van der Waals surface area contributed by atoms with Crippen molar-refractivity contribution in [3.63, 3.8) is 0 Å². The molecule has 24 heavy (non-hydrogen) atoms. The van der Waals surface area contributed by atoms with E-state index in [9.17, 15) is 13.2 Å². The Labute approximate surface area is 141 Å². The maximum absolute atomic E-state index is 12.1. The zero-order chi connectivity index (χ0) is 17.0. The number of sulfonamides is 1. The molecule has 0 atom stereocenters. The van der Waals surface area contributed by atoms with Gasteiger partial charge in [-0.15, -0.1) is 0 Å². The van der Waals surface area contributed by atoms with Crippen molar-refractivity contribution in [2.24, 2.45) is 5.92 Å². The number of nitrogens with one attached hydrogen (secondary N) is 2. The Hall–Kier alpha value is -2.60. The smallest absolute Gasteiger partial charge is 0.255 e. The summed E-state index contributed by atoms with van der Waals surface area (Å²) in [6.45, 7) is 0. The molecule has 124 valence electrons. The Bertz CT molecular complexity index is 840. The molecule has 0 unspecified atom stereocenters. The van der Waals surface area contributed by atoms with Gasteiger partial charge in [0.2, 0.25) is 5.91 Å². The van der Waals surface area contributed by atoms with Gasteiger partial charge in [-0.3, -0.25) is 9.52 Å². The molecule has 0 aromatic heterocycles. The lowest BCUT2D eigenvalue weighted by Gasteiger charge is -2.07. The summed E-state index contributed by atoms with van der Waals surface area (Å²) in [4.78, 5) is 11.7. The summed E-state index contributed by atoms with van der Waals surface area (Å²) < 4.78 is 26.6. The molecule has 0 aliphatic heterocycles. The molecule has 1 amide bonds. The van der Waals surface area contributed by atoms with Crippen LogP contribution in [0.25, 0.3) is 6.08 Å². The fourth-order valence-electron chi connectivity index (χ4n) is 2.14. The van der Waals surface area contributed by atoms with E-state index < -0.39 is 10.0 Å². The average Bonchev–Trinajstić information content (AvgIpc) is 3.41. The number of benzene rings is 2. The molecule has 0 bridgehead atoms. The zero-order valence-electron chi connectivity index (χ0n) is 13.0. The first-order valence-corrected chi connectivity index (χ1v) is 9.23. The van der Waals surface area contributed by atoms with E-state index in [0.717, 1.165) is 23.8 Å². The second kappa shape index (κ2) is 6.88. The SMILES string of the molecule is O=C(Nc1ccc(NS(=O)(=O)/C=C/c2ccccc2)cc1)C1CC1. The van der Waals surface area contributed by atoms with Gasteiger partial charge in [-0.25, -0.2) is 8.42 Å². The fourth-order valence-corrected chi connectivity index (χ4v) is 3.01. The minimum absolute atomic E-state index is 0.0223. The number of hydrogen-bond acceptors (Lipinski definition) is 3. The van der Waals surface area contributed by atoms with Gasteiger partial charge in [0.25, 0.3) is 10.0 Å². The molecular weight excluding hydrogens is 324 g/mol. The van der Waals surface area contributed by atoms with Gasteiger partial charge in [-0.2, -0.15) is 0 Å². The summed E-state index contributed by atoms with van der Waals surface area (Å²) in [5, 5.41) is 3.94. The van der Waals surface area contributed by atoms with E-state index in [4.69, 9.17) is 0 Å². The van der Waals surface area contributed by atoms with Crippen LogP contribution in [0.2, 0.25) is 0 Å². The van der Waals surface area contributed by atoms with Crippen molar-refractivity contribution >= 4 is 33.4 Å². The molecule has 2 aromatic rings. The van der Waals surface area contributed by atoms with Crippen LogP contribution in [0, 0.1) is 5.92 Å². The number of anilines is 2. The quantitative estimate of drug-likeness (QED) is 0.844. The van der Waals surface area contributed by atoms with Gasteiger partial charge in [0.1, 0.15) is 0 Å². The first-order valence-electron chi connectivity index (χ1n) is 7.69. The molecular formula is C18H18N2O3S. The minimum Gasteiger partial charge on any atom is -0.326 e. The summed E-state index contributed by atoms with van der Waals surface area (Å²) in [5.74, 6) is 0.153. The van der Waals surface area contributed by atoms with Crippen molar-refractivity contribution in [3.05, 3.63) is 65.6 Å². The van der Waals surface area contributed by atoms with Gasteiger partial charge in [0, 0.05) is 17.3 Å². The standard InChI is InChI=1S/C18H18N2O3S/c21-18(15-6-7-15)19-16-8-10-17(11-9-16)20-24(22,23)13-12-14-4-2-1-3-5-14/h1-5,8-13,15,20H,6-7H2,(H,19,21)/b13-12+. The van der Waals surface area contributed by atoms with Crippen molar-refractivity contribution in [2.75, 3.05) is 10.0 Å². The van der Waals surface area contributed by atoms with Crippen LogP contribution in [0.3, 0.4) is 0 Å². The molecule has 1 aliphatic carbocycles. The lowest BCUT2D eigenvalue weighted by Crippen LogP contribution is -2.13. The van der Waals surface area contributed by atoms with Crippen LogP contribution in [-0.2, 0) is 14.8 Å². The third kappa shape index (κ3) is 4.70. The van der Waals surface area contributed by atoms with Crippen LogP contribution in [0.15, 0.2) is 60.0 Å². The Morgan fingerprint density at radius 2 is 1.58 bits per heavy atom. The average molecular weight is 342 g/mol. The van der Waals surface area contributed by atoms with Crippen LogP contribution in [0.5, 0.6) is 0 Å². The highest BCUT2D eigenvalue weighted by Crippen LogP contribution is 2.30. The highest BCUT2D eigenvalue weighted by molar-refractivity contribution is 7.95. The Balaban J connectivity index is 1.62. The highest BCUT2D eigenvalue weighted by Gasteiger charge is 2.29. The van der Waals surface area contributed by atoms with Crippen LogP contribution in [0.1, 0.15) is 18.4 Å². The van der Waals surface area contributed by atoms with Gasteiger partial charge in [0.15, 0.2) is 0 Å². The van der Waals surface area contributed by atoms with Gasteiger partial charge in [-0.1, -0.05) is 30.3 Å². The van der Waals surface area contributed by atoms with Crippen molar-refractivity contribution in [2.45, 2.75) is 12.8 Å². The van der Waals surface area contributed by atoms with Crippen LogP contribution in [0.4, 0.5) is 11.4 Å². The summed E-state index contributed by atoms with van der Waals surface area (Å²) >= 11 is 0. The van der Waals surface area contributed by atoms with Crippen LogP contribution in [-0.4, -0.2) is 14.3 Å². The van der Waals surface area contributed by atoms with Crippen molar-refractivity contribution in [3.8, 4) is 0 Å². The van der Waals surface area contributed by atoms with Crippen LogP contribution < -0.4 is 10.0 Å². The number of rotatable bonds is 6. The molecule has 3 rings (SSSR count). The van der Waals surface area contributed by atoms with Crippen molar-refractivity contribution < 1.29 is 13.2 Å². The van der Waals surface area contributed by atoms with Gasteiger partial charge < -0.3 is 5.32 Å². The molecule has 0 radical (unpaired) electrons. The largest absolute Gasteiger partial charge is 0.326 e. The summed E-state index contributed by atoms with van der Waals surface area (Å²) in [7, 11) is -3.59. The van der Waals surface area contributed by atoms with Crippen molar-refractivity contribution in [1.29, 1.82) is 0 Å². The Morgan fingerprint density at radius 1 is 0.958 bits per heavy atom. The second-order valence-corrected chi connectivity index (χ2v) is 7.27. The second-order valence-electron chi connectivity index (χ2n) is 5.70. The predicted molar refractivity (Wildman–Crippen MR) is 95.8 cm³/mol. The maximum Gasteiger partial charge on any atom is 0.255 e. The number of carbonyl (C=O) groups is 1. The molecule has 0 heterocycles. The molecule has 0 saturated heterocycles. The predicted octanol–water partition coefficient (Wildman–Crippen LogP) is 3.45. The van der Waals surface area contributed by atoms with E-state index in [2.05, 4.69) is 10.0 Å². The van der Waals surface area contributed by atoms with Gasteiger partial charge in [0.05, 0.1) is 5.41 Å². The van der Waals surface area contributed by atoms with E-state index in [0.29, 0.717) is 11.4 Å². The minimum atomic E-state index is -3.59. The first-order chi connectivity index (χ1) is 11.5. The van der Waals surface area contributed by atoms with Crippen LogP contribution >= 0.6 is 0 Å². The number of amides is 1. The molecule has 5 nitrogen and oxygen atoms in total.